The molecule has 1 spiro atoms. The van der Waals surface area contributed by atoms with Crippen molar-refractivity contribution in [2.75, 3.05) is 18.5 Å². The van der Waals surface area contributed by atoms with Gasteiger partial charge in [-0.15, -0.1) is 0 Å². The second-order valence-electron chi connectivity index (χ2n) is 8.54. The molecule has 34 heavy (non-hydrogen) atoms. The summed E-state index contributed by atoms with van der Waals surface area (Å²) in [7, 11) is 0. The first-order chi connectivity index (χ1) is 16.2. The van der Waals surface area contributed by atoms with Crippen LogP contribution in [0.4, 0.5) is 19.1 Å². The number of halogens is 4. The lowest BCUT2D eigenvalue weighted by molar-refractivity contribution is -0.177. The molecule has 1 saturated heterocycles. The summed E-state index contributed by atoms with van der Waals surface area (Å²) in [5.74, 6) is -0.354. The Kier molecular flexibility index (Phi) is 5.99. The number of nitrogens with zero attached hydrogens (tertiary/aromatic N) is 3. The molecule has 1 N–H and O–H groups in total. The molecule has 7 nitrogen and oxygen atoms in total. The molecular weight excluding hydrogens is 473 g/mol. The molecular formula is C23H22ClF3N4O3. The number of benzene rings is 1. The Morgan fingerprint density at radius 3 is 2.53 bits per heavy atom. The zero-order chi connectivity index (χ0) is 23.9. The summed E-state index contributed by atoms with van der Waals surface area (Å²) in [6.07, 6.45) is -0.306. The van der Waals surface area contributed by atoms with Crippen LogP contribution in [0.2, 0.25) is 5.02 Å². The van der Waals surface area contributed by atoms with E-state index in [1.54, 1.807) is 24.3 Å². The first-order valence-corrected chi connectivity index (χ1v) is 11.4. The number of hydrogen-bond donors (Lipinski definition) is 1. The molecule has 0 bridgehead atoms. The lowest BCUT2D eigenvalue weighted by Gasteiger charge is -2.35. The van der Waals surface area contributed by atoms with Gasteiger partial charge in [-0.25, -0.2) is 4.98 Å². The molecule has 0 unspecified atom stereocenters. The van der Waals surface area contributed by atoms with Crippen LogP contribution in [0.5, 0.6) is 0 Å². The molecule has 2 aliphatic rings. The van der Waals surface area contributed by atoms with E-state index in [1.165, 1.54) is 12.3 Å². The molecule has 0 amide bonds. The van der Waals surface area contributed by atoms with Crippen LogP contribution in [0.3, 0.4) is 0 Å². The van der Waals surface area contributed by atoms with Crippen molar-refractivity contribution >= 4 is 28.6 Å². The lowest BCUT2D eigenvalue weighted by Crippen LogP contribution is -2.39. The minimum atomic E-state index is -4.62. The van der Waals surface area contributed by atoms with Crippen molar-refractivity contribution in [1.82, 2.24) is 14.5 Å². The second kappa shape index (κ2) is 8.83. The van der Waals surface area contributed by atoms with Gasteiger partial charge in [-0.1, -0.05) is 29.8 Å². The summed E-state index contributed by atoms with van der Waals surface area (Å²) in [5, 5.41) is 3.76. The number of fused-ring (bicyclic) bond motifs is 1. The molecule has 2 aromatic heterocycles. The van der Waals surface area contributed by atoms with E-state index in [2.05, 4.69) is 15.3 Å². The fourth-order valence-corrected chi connectivity index (χ4v) is 4.83. The first-order valence-electron chi connectivity index (χ1n) is 11.0. The Balaban J connectivity index is 1.50. The summed E-state index contributed by atoms with van der Waals surface area (Å²) < 4.78 is 52.3. The van der Waals surface area contributed by atoms with Crippen molar-refractivity contribution in [3.63, 3.8) is 0 Å². The van der Waals surface area contributed by atoms with Crippen molar-refractivity contribution in [3.05, 3.63) is 51.9 Å². The lowest BCUT2D eigenvalue weighted by atomic mass is 9.90. The fraction of sp³-hybridized carbons (Fsp3) is 0.435. The van der Waals surface area contributed by atoms with Gasteiger partial charge in [0.05, 0.1) is 13.2 Å². The number of pyridine rings is 1. The monoisotopic (exact) mass is 494 g/mol. The minimum absolute atomic E-state index is 0.0149. The summed E-state index contributed by atoms with van der Waals surface area (Å²) >= 11 is 6.22. The van der Waals surface area contributed by atoms with Crippen LogP contribution in [-0.4, -0.2) is 45.8 Å². The van der Waals surface area contributed by atoms with E-state index >= 15 is 0 Å². The van der Waals surface area contributed by atoms with Gasteiger partial charge < -0.3 is 14.8 Å². The number of rotatable bonds is 4. The maximum absolute atomic E-state index is 13.4. The average molecular weight is 495 g/mol. The topological polar surface area (TPSA) is 78.3 Å². The maximum atomic E-state index is 13.4. The summed E-state index contributed by atoms with van der Waals surface area (Å²) in [6.45, 7) is -0.310. The maximum Gasteiger partial charge on any atom is 0.406 e. The first kappa shape index (κ1) is 23.1. The summed E-state index contributed by atoms with van der Waals surface area (Å²) in [5.41, 5.74) is -0.509. The van der Waals surface area contributed by atoms with Gasteiger partial charge in [0.15, 0.2) is 5.79 Å². The van der Waals surface area contributed by atoms with Crippen molar-refractivity contribution in [1.29, 1.82) is 0 Å². The zero-order valence-corrected chi connectivity index (χ0v) is 18.8. The van der Waals surface area contributed by atoms with E-state index in [9.17, 15) is 18.0 Å². The van der Waals surface area contributed by atoms with E-state index < -0.39 is 24.1 Å². The van der Waals surface area contributed by atoms with Gasteiger partial charge in [0, 0.05) is 46.6 Å². The molecule has 1 saturated carbocycles. The third kappa shape index (κ3) is 4.62. The highest BCUT2D eigenvalue weighted by molar-refractivity contribution is 6.33. The Bertz CT molecular complexity index is 1260. The molecule has 11 heteroatoms. The minimum Gasteiger partial charge on any atom is -0.351 e. The highest BCUT2D eigenvalue weighted by atomic mass is 35.5. The molecule has 1 aromatic carbocycles. The molecule has 180 valence electrons. The molecule has 0 atom stereocenters. The van der Waals surface area contributed by atoms with Gasteiger partial charge >= 0.3 is 6.18 Å². The molecule has 1 aliphatic heterocycles. The summed E-state index contributed by atoms with van der Waals surface area (Å²) in [6, 6.07) is 8.01. The standard InChI is InChI=1S/C23H22ClF3N4O3/c24-18-4-2-1-3-16(18)17-11-14-12-28-21(30-19(14)31(20(17)32)13-23(25,26)27)29-15-5-7-22(8-6-15)33-9-10-34-22/h1-4,11-12,15H,5-10,13H2,(H,28,29,30). The molecule has 2 fully saturated rings. The van der Waals surface area contributed by atoms with Gasteiger partial charge in [-0.3, -0.25) is 9.36 Å². The second-order valence-corrected chi connectivity index (χ2v) is 8.95. The van der Waals surface area contributed by atoms with Gasteiger partial charge in [0.1, 0.15) is 12.2 Å². The van der Waals surface area contributed by atoms with Crippen LogP contribution in [-0.2, 0) is 16.0 Å². The highest BCUT2D eigenvalue weighted by Gasteiger charge is 2.40. The van der Waals surface area contributed by atoms with E-state index in [4.69, 9.17) is 21.1 Å². The highest BCUT2D eigenvalue weighted by Crippen LogP contribution is 2.36. The fourth-order valence-electron chi connectivity index (χ4n) is 4.60. The van der Waals surface area contributed by atoms with Crippen LogP contribution in [0.25, 0.3) is 22.2 Å². The number of aromatic nitrogens is 3. The molecule has 0 radical (unpaired) electrons. The number of ether oxygens (including phenoxy) is 2. The van der Waals surface area contributed by atoms with Crippen molar-refractivity contribution in [2.24, 2.45) is 0 Å². The molecule has 5 rings (SSSR count). The van der Waals surface area contributed by atoms with E-state index in [0.29, 0.717) is 41.6 Å². The van der Waals surface area contributed by atoms with Crippen molar-refractivity contribution in [2.45, 2.75) is 50.2 Å². The van der Waals surface area contributed by atoms with E-state index in [0.717, 1.165) is 12.8 Å². The van der Waals surface area contributed by atoms with Crippen LogP contribution in [0.1, 0.15) is 25.7 Å². The third-order valence-electron chi connectivity index (χ3n) is 6.22. The van der Waals surface area contributed by atoms with Crippen molar-refractivity contribution in [3.8, 4) is 11.1 Å². The number of alkyl halides is 3. The van der Waals surface area contributed by atoms with Crippen LogP contribution in [0.15, 0.2) is 41.3 Å². The average Bonchev–Trinajstić information content (AvgIpc) is 3.25. The predicted molar refractivity (Wildman–Crippen MR) is 121 cm³/mol. The van der Waals surface area contributed by atoms with Gasteiger partial charge in [0.25, 0.3) is 5.56 Å². The SMILES string of the molecule is O=c1c(-c2ccccc2Cl)cc2cnc(NC3CCC4(CC3)OCCO4)nc2n1CC(F)(F)F. The Labute approximate surface area is 197 Å². The largest absolute Gasteiger partial charge is 0.406 e. The van der Waals surface area contributed by atoms with E-state index in [1.807, 2.05) is 0 Å². The summed E-state index contributed by atoms with van der Waals surface area (Å²) in [4.78, 5) is 21.8. The normalized spacial score (nSPS) is 18.6. The molecule has 3 heterocycles. The number of hydrogen-bond acceptors (Lipinski definition) is 6. The smallest absolute Gasteiger partial charge is 0.351 e. The quantitative estimate of drug-likeness (QED) is 0.563. The molecule has 1 aliphatic carbocycles. The van der Waals surface area contributed by atoms with Gasteiger partial charge in [-0.05, 0) is 25.0 Å². The number of nitrogens with one attached hydrogen (secondary N) is 1. The third-order valence-corrected chi connectivity index (χ3v) is 6.55. The zero-order valence-electron chi connectivity index (χ0n) is 18.1. The Hall–Kier alpha value is -2.69. The van der Waals surface area contributed by atoms with Crippen LogP contribution < -0.4 is 10.9 Å². The van der Waals surface area contributed by atoms with Crippen molar-refractivity contribution < 1.29 is 22.6 Å². The van der Waals surface area contributed by atoms with Gasteiger partial charge in [-0.2, -0.15) is 18.2 Å². The van der Waals surface area contributed by atoms with Gasteiger partial charge in [0.2, 0.25) is 5.95 Å². The Morgan fingerprint density at radius 1 is 1.15 bits per heavy atom. The number of anilines is 1. The Morgan fingerprint density at radius 2 is 1.85 bits per heavy atom. The van der Waals surface area contributed by atoms with Crippen LogP contribution in [0, 0.1) is 0 Å². The van der Waals surface area contributed by atoms with Crippen LogP contribution >= 0.6 is 11.6 Å². The predicted octanol–water partition coefficient (Wildman–Crippen LogP) is 4.77. The van der Waals surface area contributed by atoms with E-state index in [-0.39, 0.29) is 28.2 Å². The molecule has 3 aromatic rings.